The number of nitrogen functional groups attached to an aromatic ring is 1. The molecule has 1 rings (SSSR count). The van der Waals surface area contributed by atoms with Gasteiger partial charge in [0.05, 0.1) is 6.61 Å². The van der Waals surface area contributed by atoms with Crippen molar-refractivity contribution in [2.24, 2.45) is 0 Å². The maximum Gasteiger partial charge on any atom is 0.360 e. The molecule has 0 saturated carbocycles. The standard InChI is InChI=1S/C14H26N4O2/c1-5-11-16-12(14(19)20-8-4)13(15)18(11)10-9-17(6-2)7-3/h5-10,15H2,1-4H3. The first kappa shape index (κ1) is 16.5. The van der Waals surface area contributed by atoms with E-state index >= 15 is 0 Å². The Morgan fingerprint density at radius 3 is 2.45 bits per heavy atom. The highest BCUT2D eigenvalue weighted by Crippen LogP contribution is 2.16. The number of imidazole rings is 1. The van der Waals surface area contributed by atoms with Gasteiger partial charge in [0, 0.05) is 19.5 Å². The summed E-state index contributed by atoms with van der Waals surface area (Å²) in [5, 5.41) is 0. The van der Waals surface area contributed by atoms with Crippen LogP contribution < -0.4 is 5.73 Å². The second-order valence-corrected chi connectivity index (χ2v) is 4.51. The van der Waals surface area contributed by atoms with Gasteiger partial charge in [-0.1, -0.05) is 20.8 Å². The molecule has 0 aromatic carbocycles. The topological polar surface area (TPSA) is 73.4 Å². The molecule has 0 aliphatic heterocycles. The summed E-state index contributed by atoms with van der Waals surface area (Å²) >= 11 is 0. The van der Waals surface area contributed by atoms with Gasteiger partial charge in [0.25, 0.3) is 0 Å². The molecule has 114 valence electrons. The van der Waals surface area contributed by atoms with Gasteiger partial charge in [-0.2, -0.15) is 0 Å². The van der Waals surface area contributed by atoms with Crippen LogP contribution in [0.3, 0.4) is 0 Å². The minimum Gasteiger partial charge on any atom is -0.461 e. The molecule has 0 unspecified atom stereocenters. The van der Waals surface area contributed by atoms with Crippen molar-refractivity contribution in [3.63, 3.8) is 0 Å². The van der Waals surface area contributed by atoms with Crippen LogP contribution in [0.5, 0.6) is 0 Å². The van der Waals surface area contributed by atoms with E-state index in [4.69, 9.17) is 10.5 Å². The summed E-state index contributed by atoms with van der Waals surface area (Å²) < 4.78 is 6.91. The Bertz CT molecular complexity index is 439. The Morgan fingerprint density at radius 1 is 1.30 bits per heavy atom. The number of carbonyl (C=O) groups is 1. The summed E-state index contributed by atoms with van der Waals surface area (Å²) in [4.78, 5) is 18.4. The van der Waals surface area contributed by atoms with E-state index in [0.717, 1.165) is 38.4 Å². The van der Waals surface area contributed by atoms with Crippen molar-refractivity contribution in [2.45, 2.75) is 40.7 Å². The molecule has 0 radical (unpaired) electrons. The van der Waals surface area contributed by atoms with E-state index in [1.54, 1.807) is 6.92 Å². The maximum atomic E-state index is 11.8. The van der Waals surface area contributed by atoms with Crippen LogP contribution in [0.1, 0.15) is 44.0 Å². The van der Waals surface area contributed by atoms with Crippen LogP contribution in [0, 0.1) is 0 Å². The molecule has 0 bridgehead atoms. The van der Waals surface area contributed by atoms with E-state index in [2.05, 4.69) is 23.7 Å². The lowest BCUT2D eigenvalue weighted by Gasteiger charge is -2.19. The molecule has 0 spiro atoms. The van der Waals surface area contributed by atoms with Crippen LogP contribution in [-0.2, 0) is 17.7 Å². The molecular weight excluding hydrogens is 256 g/mol. The molecule has 0 aliphatic carbocycles. The van der Waals surface area contributed by atoms with E-state index in [0.29, 0.717) is 12.4 Å². The fraction of sp³-hybridized carbons (Fsp3) is 0.714. The number of carbonyl (C=O) groups excluding carboxylic acids is 1. The third-order valence-corrected chi connectivity index (χ3v) is 3.41. The van der Waals surface area contributed by atoms with Crippen molar-refractivity contribution in [1.82, 2.24) is 14.5 Å². The Hall–Kier alpha value is -1.56. The first-order valence-corrected chi connectivity index (χ1v) is 7.33. The Kier molecular flexibility index (Phi) is 6.51. The van der Waals surface area contributed by atoms with Crippen LogP contribution in [0.4, 0.5) is 5.82 Å². The van der Waals surface area contributed by atoms with Crippen LogP contribution in [0.25, 0.3) is 0 Å². The smallest absolute Gasteiger partial charge is 0.360 e. The number of aromatic nitrogens is 2. The van der Waals surface area contributed by atoms with E-state index in [-0.39, 0.29) is 5.69 Å². The third-order valence-electron chi connectivity index (χ3n) is 3.41. The first-order valence-electron chi connectivity index (χ1n) is 7.33. The summed E-state index contributed by atoms with van der Waals surface area (Å²) in [5.41, 5.74) is 6.30. The van der Waals surface area contributed by atoms with Crippen LogP contribution in [0.2, 0.25) is 0 Å². The van der Waals surface area contributed by atoms with Crippen molar-refractivity contribution in [1.29, 1.82) is 0 Å². The zero-order valence-electron chi connectivity index (χ0n) is 13.0. The summed E-state index contributed by atoms with van der Waals surface area (Å²) in [6, 6.07) is 0. The second kappa shape index (κ2) is 7.89. The number of hydrogen-bond donors (Lipinski definition) is 1. The normalized spacial score (nSPS) is 11.1. The van der Waals surface area contributed by atoms with Gasteiger partial charge in [-0.05, 0) is 20.0 Å². The van der Waals surface area contributed by atoms with Gasteiger partial charge < -0.3 is 19.9 Å². The highest BCUT2D eigenvalue weighted by atomic mass is 16.5. The number of aryl methyl sites for hydroxylation is 1. The van der Waals surface area contributed by atoms with Gasteiger partial charge in [-0.3, -0.25) is 0 Å². The highest BCUT2D eigenvalue weighted by Gasteiger charge is 2.20. The molecule has 2 N–H and O–H groups in total. The minimum atomic E-state index is -0.443. The largest absolute Gasteiger partial charge is 0.461 e. The number of ether oxygens (including phenoxy) is 1. The average molecular weight is 282 g/mol. The van der Waals surface area contributed by atoms with Gasteiger partial charge in [-0.25, -0.2) is 9.78 Å². The molecule has 0 aliphatic rings. The third kappa shape index (κ3) is 3.72. The molecular formula is C14H26N4O2. The number of esters is 1. The van der Waals surface area contributed by atoms with E-state index < -0.39 is 5.97 Å². The second-order valence-electron chi connectivity index (χ2n) is 4.51. The van der Waals surface area contributed by atoms with E-state index in [9.17, 15) is 4.79 Å². The predicted molar refractivity (Wildman–Crippen MR) is 79.8 cm³/mol. The molecule has 0 amide bonds. The molecule has 0 saturated heterocycles. The lowest BCUT2D eigenvalue weighted by atomic mass is 10.4. The monoisotopic (exact) mass is 282 g/mol. The maximum absolute atomic E-state index is 11.8. The Labute approximate surface area is 120 Å². The lowest BCUT2D eigenvalue weighted by molar-refractivity contribution is 0.0521. The van der Waals surface area contributed by atoms with Crippen molar-refractivity contribution in [3.8, 4) is 0 Å². The molecule has 1 aromatic heterocycles. The van der Waals surface area contributed by atoms with Crippen molar-refractivity contribution < 1.29 is 9.53 Å². The van der Waals surface area contributed by atoms with Crippen LogP contribution in [-0.4, -0.2) is 46.7 Å². The highest BCUT2D eigenvalue weighted by molar-refractivity contribution is 5.92. The van der Waals surface area contributed by atoms with E-state index in [1.807, 2.05) is 11.5 Å². The van der Waals surface area contributed by atoms with Gasteiger partial charge in [0.2, 0.25) is 0 Å². The number of rotatable bonds is 8. The number of hydrogen-bond acceptors (Lipinski definition) is 5. The molecule has 0 atom stereocenters. The van der Waals surface area contributed by atoms with Crippen molar-refractivity contribution >= 4 is 11.8 Å². The fourth-order valence-electron chi connectivity index (χ4n) is 2.16. The van der Waals surface area contributed by atoms with Gasteiger partial charge >= 0.3 is 5.97 Å². The SMILES string of the molecule is CCOC(=O)c1nc(CC)n(CCN(CC)CC)c1N. The Morgan fingerprint density at radius 2 is 1.95 bits per heavy atom. The predicted octanol–water partition coefficient (Wildman–Crippen LogP) is 1.55. The molecule has 1 aromatic rings. The first-order chi connectivity index (χ1) is 9.58. The van der Waals surface area contributed by atoms with Crippen LogP contribution >= 0.6 is 0 Å². The number of nitrogens with zero attached hydrogens (tertiary/aromatic N) is 3. The molecule has 6 heteroatoms. The summed E-state index contributed by atoms with van der Waals surface area (Å²) in [6.07, 6.45) is 0.738. The molecule has 20 heavy (non-hydrogen) atoms. The van der Waals surface area contributed by atoms with Crippen molar-refractivity contribution in [3.05, 3.63) is 11.5 Å². The minimum absolute atomic E-state index is 0.239. The summed E-state index contributed by atoms with van der Waals surface area (Å²) in [7, 11) is 0. The van der Waals surface area contributed by atoms with Gasteiger partial charge in [0.1, 0.15) is 11.6 Å². The quantitative estimate of drug-likeness (QED) is 0.732. The van der Waals surface area contributed by atoms with Gasteiger partial charge in [0.15, 0.2) is 5.69 Å². The van der Waals surface area contributed by atoms with Gasteiger partial charge in [-0.15, -0.1) is 0 Å². The molecule has 6 nitrogen and oxygen atoms in total. The van der Waals surface area contributed by atoms with Crippen LogP contribution in [0.15, 0.2) is 0 Å². The zero-order valence-corrected chi connectivity index (χ0v) is 13.0. The number of likely N-dealkylation sites (N-methyl/N-ethyl adjacent to an activating group) is 1. The average Bonchev–Trinajstić information content (AvgIpc) is 2.77. The van der Waals surface area contributed by atoms with Crippen molar-refractivity contribution in [2.75, 3.05) is 32.0 Å². The lowest BCUT2D eigenvalue weighted by Crippen LogP contribution is -2.28. The van der Waals surface area contributed by atoms with E-state index in [1.165, 1.54) is 0 Å². The number of nitrogens with two attached hydrogens (primary N) is 1. The summed E-state index contributed by atoms with van der Waals surface area (Å²) in [6.45, 7) is 12.0. The summed E-state index contributed by atoms with van der Waals surface area (Å²) in [5.74, 6) is 0.798. The fourth-order valence-corrected chi connectivity index (χ4v) is 2.16. The molecule has 0 fully saturated rings. The Balaban J connectivity index is 2.92. The number of anilines is 1. The molecule has 1 heterocycles. The zero-order chi connectivity index (χ0) is 15.1.